The number of aromatic amines is 1. The van der Waals surface area contributed by atoms with Gasteiger partial charge in [-0.1, -0.05) is 42.5 Å². The highest BCUT2D eigenvalue weighted by Gasteiger charge is 2.15. The van der Waals surface area contributed by atoms with Crippen LogP contribution in [-0.4, -0.2) is 15.0 Å². The Morgan fingerprint density at radius 2 is 1.69 bits per heavy atom. The predicted molar refractivity (Wildman–Crippen MR) is 107 cm³/mol. The minimum absolute atomic E-state index is 0.767. The first-order chi connectivity index (χ1) is 12.7. The van der Waals surface area contributed by atoms with Crippen molar-refractivity contribution in [2.45, 2.75) is 20.3 Å². The highest BCUT2D eigenvalue weighted by molar-refractivity contribution is 5.74. The van der Waals surface area contributed by atoms with E-state index in [1.54, 1.807) is 0 Å². The van der Waals surface area contributed by atoms with E-state index >= 15 is 0 Å². The van der Waals surface area contributed by atoms with E-state index in [1.165, 1.54) is 27.8 Å². The Kier molecular flexibility index (Phi) is 4.13. The van der Waals surface area contributed by atoms with Crippen LogP contribution in [0.15, 0.2) is 67.5 Å². The average Bonchev–Trinajstić information content (AvgIpc) is 3.08. The van der Waals surface area contributed by atoms with Gasteiger partial charge in [-0.15, -0.1) is 6.58 Å². The molecule has 2 aliphatic rings. The molecule has 0 fully saturated rings. The van der Waals surface area contributed by atoms with E-state index in [4.69, 9.17) is 0 Å². The molecule has 0 unspecified atom stereocenters. The number of allylic oxidation sites excluding steroid dienone is 1. The first-order valence-electron chi connectivity index (χ1n) is 8.78. The summed E-state index contributed by atoms with van der Waals surface area (Å²) in [7, 11) is 0. The summed E-state index contributed by atoms with van der Waals surface area (Å²) < 4.78 is 0. The van der Waals surface area contributed by atoms with Crippen molar-refractivity contribution in [3.63, 3.8) is 0 Å². The third-order valence-corrected chi connectivity index (χ3v) is 4.82. The minimum atomic E-state index is 0.767. The molecule has 128 valence electrons. The third-order valence-electron chi connectivity index (χ3n) is 4.82. The second-order valence-electron chi connectivity index (χ2n) is 6.63. The number of hydrogen-bond acceptors (Lipinski definition) is 2. The summed E-state index contributed by atoms with van der Waals surface area (Å²) in [5, 5.41) is 0. The summed E-state index contributed by atoms with van der Waals surface area (Å²) >= 11 is 0. The van der Waals surface area contributed by atoms with Crippen LogP contribution >= 0.6 is 0 Å². The van der Waals surface area contributed by atoms with Crippen LogP contribution in [0, 0.1) is 13.8 Å². The van der Waals surface area contributed by atoms with E-state index in [9.17, 15) is 0 Å². The number of aromatic nitrogens is 3. The number of fused-ring (bicyclic) bond motifs is 1. The molecule has 0 spiro atoms. The van der Waals surface area contributed by atoms with Gasteiger partial charge in [-0.05, 0) is 54.2 Å². The maximum Gasteiger partial charge on any atom is 0.160 e. The molecule has 0 aromatic heterocycles. The van der Waals surface area contributed by atoms with E-state index < -0.39 is 0 Å². The molecule has 2 heterocycles. The standard InChI is InChI=1S/C23H21N3/c1-4-5-19-13-18(17-7-6-15(2)16(3)12-17)8-9-20(19)23-25-21-10-11-24-14-22(21)26-23/h4,6-14,24H,1,5H2,2-3H3. The molecule has 0 aliphatic carbocycles. The fraction of sp³-hybridized carbons (Fsp3) is 0.130. The van der Waals surface area contributed by atoms with E-state index in [0.29, 0.717) is 0 Å². The largest absolute Gasteiger partial charge is 0.366 e. The van der Waals surface area contributed by atoms with Crippen molar-refractivity contribution in [3.05, 3.63) is 84.2 Å². The summed E-state index contributed by atoms with van der Waals surface area (Å²) in [5.74, 6) is 0.767. The zero-order valence-electron chi connectivity index (χ0n) is 15.1. The second kappa shape index (κ2) is 6.60. The molecular weight excluding hydrogens is 318 g/mol. The van der Waals surface area contributed by atoms with Crippen molar-refractivity contribution in [1.29, 1.82) is 0 Å². The second-order valence-corrected chi connectivity index (χ2v) is 6.63. The lowest BCUT2D eigenvalue weighted by Gasteiger charge is -2.10. The monoisotopic (exact) mass is 339 g/mol. The SMILES string of the molecule is C=CCc1cc(-c2ccc(C)c(C)c2)ccc1-c1nc2cc[nH]cc-2n1. The Balaban J connectivity index is 1.82. The molecule has 0 amide bonds. The molecule has 3 heteroatoms. The molecule has 2 aliphatic heterocycles. The van der Waals surface area contributed by atoms with Gasteiger partial charge in [-0.2, -0.15) is 0 Å². The van der Waals surface area contributed by atoms with Crippen LogP contribution in [0.4, 0.5) is 0 Å². The zero-order valence-corrected chi connectivity index (χ0v) is 15.1. The number of nitrogens with one attached hydrogen (secondary N) is 1. The fourth-order valence-electron chi connectivity index (χ4n) is 3.21. The summed E-state index contributed by atoms with van der Waals surface area (Å²) in [6, 6.07) is 15.1. The van der Waals surface area contributed by atoms with Crippen molar-refractivity contribution < 1.29 is 0 Å². The van der Waals surface area contributed by atoms with E-state index in [0.717, 1.165) is 29.2 Å². The summed E-state index contributed by atoms with van der Waals surface area (Å²) in [5.41, 5.74) is 9.09. The van der Waals surface area contributed by atoms with Crippen LogP contribution in [0.2, 0.25) is 0 Å². The fourth-order valence-corrected chi connectivity index (χ4v) is 3.21. The average molecular weight is 339 g/mol. The Hall–Kier alpha value is -3.20. The van der Waals surface area contributed by atoms with Gasteiger partial charge in [0.25, 0.3) is 0 Å². The van der Waals surface area contributed by atoms with Gasteiger partial charge in [0.2, 0.25) is 0 Å². The Morgan fingerprint density at radius 1 is 0.923 bits per heavy atom. The molecule has 2 aromatic rings. The lowest BCUT2D eigenvalue weighted by atomic mass is 9.95. The molecule has 0 bridgehead atoms. The number of H-pyrrole nitrogens is 1. The summed E-state index contributed by atoms with van der Waals surface area (Å²) in [4.78, 5) is 12.4. The smallest absolute Gasteiger partial charge is 0.160 e. The highest BCUT2D eigenvalue weighted by atomic mass is 15.0. The van der Waals surface area contributed by atoms with Gasteiger partial charge < -0.3 is 4.98 Å². The van der Waals surface area contributed by atoms with Crippen LogP contribution in [0.1, 0.15) is 16.7 Å². The van der Waals surface area contributed by atoms with Gasteiger partial charge in [0.1, 0.15) is 5.69 Å². The van der Waals surface area contributed by atoms with Crippen molar-refractivity contribution in [2.75, 3.05) is 0 Å². The number of pyridine rings is 1. The molecule has 0 atom stereocenters. The Morgan fingerprint density at radius 3 is 2.46 bits per heavy atom. The van der Waals surface area contributed by atoms with Gasteiger partial charge in [0, 0.05) is 18.0 Å². The third kappa shape index (κ3) is 2.93. The quantitative estimate of drug-likeness (QED) is 0.492. The molecule has 2 aromatic carbocycles. The number of nitrogens with zero attached hydrogens (tertiary/aromatic N) is 2. The number of aryl methyl sites for hydroxylation is 2. The van der Waals surface area contributed by atoms with Crippen LogP contribution in [0.25, 0.3) is 33.9 Å². The van der Waals surface area contributed by atoms with E-state index in [2.05, 4.69) is 71.8 Å². The van der Waals surface area contributed by atoms with Gasteiger partial charge >= 0.3 is 0 Å². The van der Waals surface area contributed by atoms with E-state index in [-0.39, 0.29) is 0 Å². The molecule has 0 radical (unpaired) electrons. The van der Waals surface area contributed by atoms with Gasteiger partial charge in [0.15, 0.2) is 5.82 Å². The number of benzene rings is 2. The molecule has 4 rings (SSSR count). The normalized spacial score (nSPS) is 11.0. The number of rotatable bonds is 4. The first-order valence-corrected chi connectivity index (χ1v) is 8.78. The highest BCUT2D eigenvalue weighted by Crippen LogP contribution is 2.31. The van der Waals surface area contributed by atoms with Crippen LogP contribution in [0.5, 0.6) is 0 Å². The summed E-state index contributed by atoms with van der Waals surface area (Å²) in [6.07, 6.45) is 6.46. The molecule has 0 saturated heterocycles. The Bertz CT molecular complexity index is 1030. The maximum absolute atomic E-state index is 4.69. The van der Waals surface area contributed by atoms with Crippen molar-refractivity contribution >= 4 is 0 Å². The molecule has 1 N–H and O–H groups in total. The molecule has 0 saturated carbocycles. The minimum Gasteiger partial charge on any atom is -0.366 e. The van der Waals surface area contributed by atoms with Crippen LogP contribution < -0.4 is 0 Å². The van der Waals surface area contributed by atoms with Crippen molar-refractivity contribution in [1.82, 2.24) is 15.0 Å². The van der Waals surface area contributed by atoms with Crippen LogP contribution in [0.3, 0.4) is 0 Å². The first kappa shape index (κ1) is 16.3. The van der Waals surface area contributed by atoms with Gasteiger partial charge in [0.05, 0.1) is 5.69 Å². The predicted octanol–water partition coefficient (Wildman–Crippen LogP) is 5.59. The van der Waals surface area contributed by atoms with E-state index in [1.807, 2.05) is 24.5 Å². The van der Waals surface area contributed by atoms with Gasteiger partial charge in [-0.25, -0.2) is 9.97 Å². The number of hydrogen-bond donors (Lipinski definition) is 1. The molecule has 26 heavy (non-hydrogen) atoms. The van der Waals surface area contributed by atoms with Crippen molar-refractivity contribution in [3.8, 4) is 33.9 Å². The number of imidazole rings is 1. The van der Waals surface area contributed by atoms with Gasteiger partial charge in [-0.3, -0.25) is 0 Å². The molecular formula is C23H21N3. The van der Waals surface area contributed by atoms with Crippen molar-refractivity contribution in [2.24, 2.45) is 0 Å². The Labute approximate surface area is 153 Å². The topological polar surface area (TPSA) is 41.6 Å². The zero-order chi connectivity index (χ0) is 18.1. The lowest BCUT2D eigenvalue weighted by Crippen LogP contribution is -1.92. The summed E-state index contributed by atoms with van der Waals surface area (Å²) in [6.45, 7) is 8.21. The molecule has 3 nitrogen and oxygen atoms in total. The van der Waals surface area contributed by atoms with Crippen LogP contribution in [-0.2, 0) is 6.42 Å². The lowest BCUT2D eigenvalue weighted by molar-refractivity contribution is 1.23. The maximum atomic E-state index is 4.69.